The Morgan fingerprint density at radius 1 is 0.442 bits per heavy atom. The van der Waals surface area contributed by atoms with Gasteiger partial charge in [-0.1, -0.05) is 133 Å². The zero-order chi connectivity index (χ0) is 28.3. The predicted molar refractivity (Wildman–Crippen MR) is 182 cm³/mol. The van der Waals surface area contributed by atoms with Crippen LogP contribution in [0.15, 0.2) is 144 Å². The number of aryl methyl sites for hydroxylation is 1. The average Bonchev–Trinajstić information content (AvgIpc) is 3.45. The SMILES string of the molecule is C1=Cc2c(oc3ccc(-c4c5ccccc5c(-c5ccc(-c6ccccc6)c6ccccc56)c5ccccc45)cc23)CC1. The minimum absolute atomic E-state index is 0.966. The maximum absolute atomic E-state index is 6.26. The average molecular weight is 549 g/mol. The molecule has 1 aliphatic rings. The molecule has 0 saturated carbocycles. The minimum atomic E-state index is 0.966. The molecule has 1 aliphatic carbocycles. The van der Waals surface area contributed by atoms with Crippen LogP contribution in [0.1, 0.15) is 17.7 Å². The van der Waals surface area contributed by atoms with E-state index in [4.69, 9.17) is 4.42 Å². The number of hydrogen-bond acceptors (Lipinski definition) is 1. The molecule has 0 aliphatic heterocycles. The number of rotatable bonds is 3. The summed E-state index contributed by atoms with van der Waals surface area (Å²) in [5.41, 5.74) is 9.75. The molecule has 8 aromatic rings. The zero-order valence-corrected chi connectivity index (χ0v) is 23.7. The van der Waals surface area contributed by atoms with Crippen molar-refractivity contribution in [3.05, 3.63) is 151 Å². The van der Waals surface area contributed by atoms with Crippen molar-refractivity contribution in [1.82, 2.24) is 0 Å². The quantitative estimate of drug-likeness (QED) is 0.200. The first-order valence-electron chi connectivity index (χ1n) is 15.1. The summed E-state index contributed by atoms with van der Waals surface area (Å²) in [5.74, 6) is 1.10. The fraction of sp³-hybridized carbons (Fsp3) is 0.0476. The van der Waals surface area contributed by atoms with Crippen molar-refractivity contribution >= 4 is 49.4 Å². The number of fused-ring (bicyclic) bond motifs is 6. The van der Waals surface area contributed by atoms with Gasteiger partial charge in [-0.3, -0.25) is 0 Å². The van der Waals surface area contributed by atoms with E-state index >= 15 is 0 Å². The van der Waals surface area contributed by atoms with Crippen LogP contribution in [0.5, 0.6) is 0 Å². The van der Waals surface area contributed by atoms with Crippen molar-refractivity contribution in [3.63, 3.8) is 0 Å². The summed E-state index contributed by atoms with van der Waals surface area (Å²) in [6, 6.07) is 48.8. The van der Waals surface area contributed by atoms with Gasteiger partial charge in [0.1, 0.15) is 11.3 Å². The molecule has 0 amide bonds. The highest BCUT2D eigenvalue weighted by Crippen LogP contribution is 2.47. The monoisotopic (exact) mass is 548 g/mol. The molecular formula is C42H28O. The highest BCUT2D eigenvalue weighted by Gasteiger charge is 2.20. The second kappa shape index (κ2) is 9.58. The van der Waals surface area contributed by atoms with E-state index < -0.39 is 0 Å². The molecule has 7 aromatic carbocycles. The van der Waals surface area contributed by atoms with Crippen molar-refractivity contribution in [2.75, 3.05) is 0 Å². The Hall–Kier alpha value is -5.40. The van der Waals surface area contributed by atoms with Gasteiger partial charge >= 0.3 is 0 Å². The molecule has 1 heterocycles. The van der Waals surface area contributed by atoms with Crippen LogP contribution in [0.4, 0.5) is 0 Å². The smallest absolute Gasteiger partial charge is 0.134 e. The fourth-order valence-electron chi connectivity index (χ4n) is 7.22. The largest absolute Gasteiger partial charge is 0.460 e. The Morgan fingerprint density at radius 3 is 1.72 bits per heavy atom. The van der Waals surface area contributed by atoms with Crippen LogP contribution in [-0.2, 0) is 6.42 Å². The lowest BCUT2D eigenvalue weighted by Crippen LogP contribution is -1.92. The van der Waals surface area contributed by atoms with Gasteiger partial charge in [0.2, 0.25) is 0 Å². The molecular weight excluding hydrogens is 520 g/mol. The molecule has 0 bridgehead atoms. The van der Waals surface area contributed by atoms with Crippen molar-refractivity contribution in [1.29, 1.82) is 0 Å². The number of allylic oxidation sites excluding steroid dienone is 1. The Labute approximate surface area is 250 Å². The van der Waals surface area contributed by atoms with Gasteiger partial charge in [-0.25, -0.2) is 0 Å². The summed E-state index contributed by atoms with van der Waals surface area (Å²) in [7, 11) is 0. The van der Waals surface area contributed by atoms with Crippen LogP contribution in [0, 0.1) is 0 Å². The second-order valence-electron chi connectivity index (χ2n) is 11.5. The third kappa shape index (κ3) is 3.72. The summed E-state index contributed by atoms with van der Waals surface area (Å²) < 4.78 is 6.26. The molecule has 0 atom stereocenters. The van der Waals surface area contributed by atoms with Crippen LogP contribution in [0.3, 0.4) is 0 Å². The Balaban J connectivity index is 1.36. The normalized spacial score (nSPS) is 12.8. The zero-order valence-electron chi connectivity index (χ0n) is 23.7. The van der Waals surface area contributed by atoms with Gasteiger partial charge in [-0.2, -0.15) is 0 Å². The van der Waals surface area contributed by atoms with E-state index in [9.17, 15) is 0 Å². The lowest BCUT2D eigenvalue weighted by atomic mass is 9.83. The molecule has 0 saturated heterocycles. The van der Waals surface area contributed by atoms with E-state index in [-0.39, 0.29) is 0 Å². The maximum Gasteiger partial charge on any atom is 0.134 e. The van der Waals surface area contributed by atoms with E-state index in [2.05, 4.69) is 146 Å². The summed E-state index contributed by atoms with van der Waals surface area (Å²) >= 11 is 0. The van der Waals surface area contributed by atoms with Gasteiger partial charge in [0.15, 0.2) is 0 Å². The first-order chi connectivity index (χ1) is 21.3. The van der Waals surface area contributed by atoms with E-state index in [0.717, 1.165) is 24.2 Å². The van der Waals surface area contributed by atoms with Gasteiger partial charge in [-0.15, -0.1) is 0 Å². The Bertz CT molecular complexity index is 2330. The molecule has 1 nitrogen and oxygen atoms in total. The third-order valence-corrected chi connectivity index (χ3v) is 9.12. The molecule has 0 radical (unpaired) electrons. The summed E-state index contributed by atoms with van der Waals surface area (Å²) in [6.07, 6.45) is 6.50. The van der Waals surface area contributed by atoms with Gasteiger partial charge < -0.3 is 4.42 Å². The maximum atomic E-state index is 6.26. The lowest BCUT2D eigenvalue weighted by Gasteiger charge is -2.19. The van der Waals surface area contributed by atoms with E-state index in [1.165, 1.54) is 76.6 Å². The summed E-state index contributed by atoms with van der Waals surface area (Å²) in [5, 5.41) is 8.80. The van der Waals surface area contributed by atoms with Crippen LogP contribution in [-0.4, -0.2) is 0 Å². The lowest BCUT2D eigenvalue weighted by molar-refractivity contribution is 0.546. The summed E-state index contributed by atoms with van der Waals surface area (Å²) in [6.45, 7) is 0. The molecule has 1 heteroatoms. The Morgan fingerprint density at radius 2 is 1.02 bits per heavy atom. The molecule has 43 heavy (non-hydrogen) atoms. The standard InChI is InChI=1S/C42H28O/c1-2-12-27(13-3-1)29-23-24-37(31-15-5-4-14-30(29)31)42-35-19-8-6-17-33(35)41(34-18-7-9-20-36(34)42)28-22-25-40-38(26-28)32-16-10-11-21-39(32)43-40/h1-10,12-20,22-26H,11,21H2. The topological polar surface area (TPSA) is 13.1 Å². The van der Waals surface area contributed by atoms with Crippen molar-refractivity contribution in [2.24, 2.45) is 0 Å². The number of benzene rings is 7. The third-order valence-electron chi connectivity index (χ3n) is 9.12. The van der Waals surface area contributed by atoms with E-state index in [1.807, 2.05) is 0 Å². The molecule has 0 spiro atoms. The highest BCUT2D eigenvalue weighted by molar-refractivity contribution is 6.24. The van der Waals surface area contributed by atoms with Crippen LogP contribution in [0.2, 0.25) is 0 Å². The van der Waals surface area contributed by atoms with Crippen molar-refractivity contribution in [2.45, 2.75) is 12.8 Å². The van der Waals surface area contributed by atoms with Crippen LogP contribution < -0.4 is 0 Å². The van der Waals surface area contributed by atoms with Crippen molar-refractivity contribution in [3.8, 4) is 33.4 Å². The van der Waals surface area contributed by atoms with E-state index in [1.54, 1.807) is 0 Å². The summed E-state index contributed by atoms with van der Waals surface area (Å²) in [4.78, 5) is 0. The molecule has 0 unspecified atom stereocenters. The molecule has 9 rings (SSSR count). The first kappa shape index (κ1) is 24.2. The number of furan rings is 1. The molecule has 1 aromatic heterocycles. The Kier molecular flexibility index (Phi) is 5.39. The molecule has 0 fully saturated rings. The number of hydrogen-bond donors (Lipinski definition) is 0. The van der Waals surface area contributed by atoms with Crippen LogP contribution in [0.25, 0.3) is 82.7 Å². The van der Waals surface area contributed by atoms with Gasteiger partial charge in [0, 0.05) is 17.4 Å². The predicted octanol–water partition coefficient (Wildman–Crippen LogP) is 11.9. The van der Waals surface area contributed by atoms with Gasteiger partial charge in [-0.05, 0) is 84.3 Å². The molecule has 0 N–H and O–H groups in total. The fourth-order valence-corrected chi connectivity index (χ4v) is 7.22. The second-order valence-corrected chi connectivity index (χ2v) is 11.5. The van der Waals surface area contributed by atoms with Crippen LogP contribution >= 0.6 is 0 Å². The highest BCUT2D eigenvalue weighted by atomic mass is 16.3. The van der Waals surface area contributed by atoms with Gasteiger partial charge in [0.25, 0.3) is 0 Å². The van der Waals surface area contributed by atoms with Crippen molar-refractivity contribution < 1.29 is 4.42 Å². The molecule has 202 valence electrons. The minimum Gasteiger partial charge on any atom is -0.460 e. The van der Waals surface area contributed by atoms with E-state index in [0.29, 0.717) is 0 Å². The van der Waals surface area contributed by atoms with Gasteiger partial charge in [0.05, 0.1) is 0 Å². The first-order valence-corrected chi connectivity index (χ1v) is 15.1.